The van der Waals surface area contributed by atoms with E-state index in [0.717, 1.165) is 17.5 Å². The number of aromatic nitrogens is 3. The molecule has 1 aliphatic rings. The zero-order valence-electron chi connectivity index (χ0n) is 19.1. The highest BCUT2D eigenvalue weighted by Gasteiger charge is 2.31. The molecule has 1 aliphatic heterocycles. The second-order valence-electron chi connectivity index (χ2n) is 9.13. The van der Waals surface area contributed by atoms with Crippen LogP contribution >= 0.6 is 34.8 Å². The van der Waals surface area contributed by atoms with Gasteiger partial charge in [-0.25, -0.2) is 9.48 Å². The number of likely N-dealkylation sites (tertiary alicyclic amines) is 1. The average molecular weight is 524 g/mol. The van der Waals surface area contributed by atoms with Crippen LogP contribution in [0.3, 0.4) is 0 Å². The number of benzene rings is 2. The number of halogens is 3. The van der Waals surface area contributed by atoms with Crippen LogP contribution in [0.2, 0.25) is 15.1 Å². The number of nitrogens with zero attached hydrogens (tertiary/aromatic N) is 4. The minimum Gasteiger partial charge on any atom is -0.488 e. The quantitative estimate of drug-likeness (QED) is 0.374. The van der Waals surface area contributed by atoms with Crippen LogP contribution in [-0.2, 0) is 11.3 Å². The van der Waals surface area contributed by atoms with E-state index in [9.17, 15) is 4.79 Å². The van der Waals surface area contributed by atoms with Crippen molar-refractivity contribution in [3.63, 3.8) is 0 Å². The zero-order chi connectivity index (χ0) is 24.5. The summed E-state index contributed by atoms with van der Waals surface area (Å²) in [4.78, 5) is 14.1. The molecule has 1 amide bonds. The summed E-state index contributed by atoms with van der Waals surface area (Å²) < 4.78 is 13.3. The maximum atomic E-state index is 12.4. The first-order chi connectivity index (χ1) is 16.1. The predicted molar refractivity (Wildman–Crippen MR) is 133 cm³/mol. The fourth-order valence-corrected chi connectivity index (χ4v) is 4.14. The maximum absolute atomic E-state index is 12.4. The standard InChI is InChI=1S/C24H25Cl3N4O3/c1-24(2,3)34-23(32)30-9-8-17(12-30)31-13-21(28-29-31)18-11-16(25)5-7-22(18)33-14-15-4-6-19(26)20(27)10-15/h4-7,10-11,13,17H,8-9,12,14H2,1-3H3. The molecule has 0 radical (unpaired) electrons. The molecule has 1 atom stereocenters. The Morgan fingerprint density at radius 2 is 1.91 bits per heavy atom. The second kappa shape index (κ2) is 10.0. The average Bonchev–Trinajstić information content (AvgIpc) is 3.44. The van der Waals surface area contributed by atoms with Gasteiger partial charge in [-0.15, -0.1) is 5.10 Å². The van der Waals surface area contributed by atoms with E-state index in [4.69, 9.17) is 44.3 Å². The Hall–Kier alpha value is -2.48. The van der Waals surface area contributed by atoms with Crippen molar-refractivity contribution in [2.24, 2.45) is 0 Å². The molecule has 34 heavy (non-hydrogen) atoms. The van der Waals surface area contributed by atoms with E-state index in [1.54, 1.807) is 39.9 Å². The molecule has 7 nitrogen and oxygen atoms in total. The van der Waals surface area contributed by atoms with Gasteiger partial charge in [0.25, 0.3) is 0 Å². The van der Waals surface area contributed by atoms with Crippen LogP contribution in [0.5, 0.6) is 5.75 Å². The molecule has 0 spiro atoms. The lowest BCUT2D eigenvalue weighted by Crippen LogP contribution is -2.35. The van der Waals surface area contributed by atoms with Gasteiger partial charge in [-0.05, 0) is 63.1 Å². The van der Waals surface area contributed by atoms with Crippen LogP contribution in [0.15, 0.2) is 42.6 Å². The van der Waals surface area contributed by atoms with Crippen LogP contribution in [0.1, 0.15) is 38.8 Å². The van der Waals surface area contributed by atoms with Crippen molar-refractivity contribution in [3.05, 3.63) is 63.2 Å². The third-order valence-corrected chi connectivity index (χ3v) is 6.27. The predicted octanol–water partition coefficient (Wildman–Crippen LogP) is 6.67. The van der Waals surface area contributed by atoms with Gasteiger partial charge in [-0.3, -0.25) is 0 Å². The number of rotatable bonds is 5. The van der Waals surface area contributed by atoms with Crippen LogP contribution in [0.4, 0.5) is 4.79 Å². The summed E-state index contributed by atoms with van der Waals surface area (Å²) in [5.74, 6) is 0.615. The maximum Gasteiger partial charge on any atom is 0.410 e. The van der Waals surface area contributed by atoms with Crippen molar-refractivity contribution >= 4 is 40.9 Å². The highest BCUT2D eigenvalue weighted by molar-refractivity contribution is 6.42. The van der Waals surface area contributed by atoms with Crippen molar-refractivity contribution in [3.8, 4) is 17.0 Å². The van der Waals surface area contributed by atoms with Gasteiger partial charge >= 0.3 is 6.09 Å². The topological polar surface area (TPSA) is 69.5 Å². The molecule has 180 valence electrons. The van der Waals surface area contributed by atoms with Crippen LogP contribution < -0.4 is 4.74 Å². The molecule has 1 fully saturated rings. The first-order valence-corrected chi connectivity index (χ1v) is 12.0. The summed E-state index contributed by atoms with van der Waals surface area (Å²) in [6, 6.07) is 10.7. The first kappa shape index (κ1) is 24.6. The Morgan fingerprint density at radius 1 is 1.12 bits per heavy atom. The first-order valence-electron chi connectivity index (χ1n) is 10.9. The van der Waals surface area contributed by atoms with E-state index in [1.165, 1.54) is 0 Å². The summed E-state index contributed by atoms with van der Waals surface area (Å²) in [6.07, 6.45) is 2.29. The number of amides is 1. The minimum atomic E-state index is -0.532. The monoisotopic (exact) mass is 522 g/mol. The lowest BCUT2D eigenvalue weighted by molar-refractivity contribution is 0.0288. The van der Waals surface area contributed by atoms with Crippen molar-refractivity contribution in [1.29, 1.82) is 0 Å². The molecule has 3 aromatic rings. The van der Waals surface area contributed by atoms with Crippen molar-refractivity contribution in [1.82, 2.24) is 19.9 Å². The molecule has 0 aliphatic carbocycles. The smallest absolute Gasteiger partial charge is 0.410 e. The van der Waals surface area contributed by atoms with Gasteiger partial charge in [0, 0.05) is 23.7 Å². The van der Waals surface area contributed by atoms with Gasteiger partial charge in [0.1, 0.15) is 23.7 Å². The molecule has 2 heterocycles. The van der Waals surface area contributed by atoms with E-state index in [-0.39, 0.29) is 12.1 Å². The van der Waals surface area contributed by atoms with Crippen LogP contribution in [0.25, 0.3) is 11.3 Å². The molecule has 4 rings (SSSR count). The Balaban J connectivity index is 1.48. The van der Waals surface area contributed by atoms with Crippen LogP contribution in [0, 0.1) is 0 Å². The number of ether oxygens (including phenoxy) is 2. The van der Waals surface area contributed by atoms with Gasteiger partial charge in [-0.2, -0.15) is 0 Å². The van der Waals surface area contributed by atoms with Gasteiger partial charge in [-0.1, -0.05) is 46.1 Å². The SMILES string of the molecule is CC(C)(C)OC(=O)N1CCC(n2cc(-c3cc(Cl)ccc3OCc3ccc(Cl)c(Cl)c3)nn2)C1. The summed E-state index contributed by atoms with van der Waals surface area (Å²) in [7, 11) is 0. The Labute approximate surface area is 213 Å². The summed E-state index contributed by atoms with van der Waals surface area (Å²) in [6.45, 7) is 6.97. The Bertz CT molecular complexity index is 1190. The Morgan fingerprint density at radius 3 is 2.65 bits per heavy atom. The Kier molecular flexibility index (Phi) is 7.26. The molecule has 1 unspecified atom stereocenters. The molecule has 0 saturated carbocycles. The fraction of sp³-hybridized carbons (Fsp3) is 0.375. The lowest BCUT2D eigenvalue weighted by Gasteiger charge is -2.24. The van der Waals surface area contributed by atoms with E-state index >= 15 is 0 Å². The van der Waals surface area contributed by atoms with Crippen molar-refractivity contribution < 1.29 is 14.3 Å². The largest absolute Gasteiger partial charge is 0.488 e. The third-order valence-electron chi connectivity index (χ3n) is 5.30. The fourth-order valence-electron chi connectivity index (χ4n) is 3.65. The van der Waals surface area contributed by atoms with Crippen molar-refractivity contribution in [2.45, 2.75) is 45.4 Å². The van der Waals surface area contributed by atoms with Gasteiger partial charge in [0.2, 0.25) is 0 Å². The van der Waals surface area contributed by atoms with Gasteiger partial charge < -0.3 is 14.4 Å². The van der Waals surface area contributed by atoms with Gasteiger partial charge in [0.05, 0.1) is 22.3 Å². The molecular formula is C24H25Cl3N4O3. The normalized spacial score (nSPS) is 16.1. The molecular weight excluding hydrogens is 499 g/mol. The number of hydrogen-bond donors (Lipinski definition) is 0. The molecule has 1 saturated heterocycles. The lowest BCUT2D eigenvalue weighted by atomic mass is 10.1. The highest BCUT2D eigenvalue weighted by Crippen LogP contribution is 2.33. The molecule has 0 N–H and O–H groups in total. The van der Waals surface area contributed by atoms with Gasteiger partial charge in [0.15, 0.2) is 0 Å². The second-order valence-corrected chi connectivity index (χ2v) is 10.4. The summed E-state index contributed by atoms with van der Waals surface area (Å²) in [5.41, 5.74) is 1.70. The van der Waals surface area contributed by atoms with E-state index in [1.807, 2.05) is 33.0 Å². The van der Waals surface area contributed by atoms with Crippen molar-refractivity contribution in [2.75, 3.05) is 13.1 Å². The van der Waals surface area contributed by atoms with Crippen LogP contribution in [-0.4, -0.2) is 44.7 Å². The molecule has 1 aromatic heterocycles. The molecule has 10 heteroatoms. The molecule has 0 bridgehead atoms. The van der Waals surface area contributed by atoms with E-state index in [2.05, 4.69) is 10.3 Å². The zero-order valence-corrected chi connectivity index (χ0v) is 21.4. The van der Waals surface area contributed by atoms with E-state index in [0.29, 0.717) is 46.2 Å². The molecule has 2 aromatic carbocycles. The highest BCUT2D eigenvalue weighted by atomic mass is 35.5. The summed E-state index contributed by atoms with van der Waals surface area (Å²) in [5, 5.41) is 10.2. The number of carbonyl (C=O) groups is 1. The summed E-state index contributed by atoms with van der Waals surface area (Å²) >= 11 is 18.4. The number of carbonyl (C=O) groups excluding carboxylic acids is 1. The third kappa shape index (κ3) is 5.95. The van der Waals surface area contributed by atoms with E-state index < -0.39 is 5.60 Å². The number of hydrogen-bond acceptors (Lipinski definition) is 5. The minimum absolute atomic E-state index is 0.00790.